The lowest BCUT2D eigenvalue weighted by molar-refractivity contribution is -0.127. The minimum absolute atomic E-state index is 0.0147. The number of halogens is 1. The van der Waals surface area contributed by atoms with E-state index in [0.717, 1.165) is 36.5 Å². The van der Waals surface area contributed by atoms with Gasteiger partial charge in [0, 0.05) is 38.8 Å². The van der Waals surface area contributed by atoms with E-state index in [1.54, 1.807) is 25.3 Å². The van der Waals surface area contributed by atoms with Gasteiger partial charge in [0.05, 0.1) is 7.11 Å². The second-order valence-electron chi connectivity index (χ2n) is 6.78. The Kier molecular flexibility index (Phi) is 6.24. The molecule has 0 spiro atoms. The molecule has 0 unspecified atom stereocenters. The molecule has 1 amide bonds. The molecule has 27 heavy (non-hydrogen) atoms. The fourth-order valence-corrected chi connectivity index (χ4v) is 3.19. The van der Waals surface area contributed by atoms with Crippen LogP contribution in [0.15, 0.2) is 54.6 Å². The highest BCUT2D eigenvalue weighted by atomic mass is 19.1. The Morgan fingerprint density at radius 2 is 1.67 bits per heavy atom. The maximum Gasteiger partial charge on any atom is 0.246 e. The number of hydrogen-bond donors (Lipinski definition) is 0. The molecule has 3 rings (SSSR count). The third kappa shape index (κ3) is 5.17. The maximum absolute atomic E-state index is 13.0. The average Bonchev–Trinajstić information content (AvgIpc) is 2.69. The molecule has 2 aromatic carbocycles. The summed E-state index contributed by atoms with van der Waals surface area (Å²) >= 11 is 0. The number of amides is 1. The molecule has 4 nitrogen and oxygen atoms in total. The number of benzene rings is 2. The molecule has 1 aliphatic heterocycles. The van der Waals surface area contributed by atoms with Crippen LogP contribution in [0.2, 0.25) is 0 Å². The zero-order chi connectivity index (χ0) is 19.2. The predicted molar refractivity (Wildman–Crippen MR) is 105 cm³/mol. The highest BCUT2D eigenvalue weighted by Gasteiger charge is 2.20. The lowest BCUT2D eigenvalue weighted by atomic mass is 10.1. The molecule has 0 saturated carbocycles. The first-order chi connectivity index (χ1) is 13.0. The molecule has 0 N–H and O–H groups in total. The average molecular weight is 368 g/mol. The van der Waals surface area contributed by atoms with Gasteiger partial charge in [-0.1, -0.05) is 24.3 Å². The Morgan fingerprint density at radius 3 is 2.26 bits per heavy atom. The molecule has 5 heteroatoms. The van der Waals surface area contributed by atoms with E-state index < -0.39 is 0 Å². The minimum Gasteiger partial charge on any atom is -0.497 e. The molecule has 0 aromatic heterocycles. The molecule has 1 saturated heterocycles. The van der Waals surface area contributed by atoms with E-state index in [-0.39, 0.29) is 11.7 Å². The first-order valence-electron chi connectivity index (χ1n) is 9.13. The summed E-state index contributed by atoms with van der Waals surface area (Å²) in [7, 11) is 1.66. The molecular formula is C22H25FN2O2. The van der Waals surface area contributed by atoms with Crippen LogP contribution >= 0.6 is 0 Å². The summed E-state index contributed by atoms with van der Waals surface area (Å²) in [5.74, 6) is 0.601. The van der Waals surface area contributed by atoms with Gasteiger partial charge in [-0.05, 0) is 47.9 Å². The Morgan fingerprint density at radius 1 is 1.04 bits per heavy atom. The Balaban J connectivity index is 1.52. The van der Waals surface area contributed by atoms with Crippen molar-refractivity contribution in [1.82, 2.24) is 9.80 Å². The van der Waals surface area contributed by atoms with E-state index in [0.29, 0.717) is 13.1 Å². The van der Waals surface area contributed by atoms with Crippen molar-refractivity contribution >= 4 is 11.5 Å². The van der Waals surface area contributed by atoms with Gasteiger partial charge < -0.3 is 9.64 Å². The molecular weight excluding hydrogens is 343 g/mol. The summed E-state index contributed by atoms with van der Waals surface area (Å²) < 4.78 is 18.2. The van der Waals surface area contributed by atoms with Gasteiger partial charge in [0.2, 0.25) is 5.91 Å². The van der Waals surface area contributed by atoms with Crippen LogP contribution in [0.5, 0.6) is 5.75 Å². The zero-order valence-electron chi connectivity index (χ0n) is 15.8. The SMILES string of the molecule is COc1ccc(CN2CCN(C(=O)/C=C(/C)c3ccc(F)cc3)CC2)cc1. The van der Waals surface area contributed by atoms with Crippen LogP contribution in [0.25, 0.3) is 5.57 Å². The minimum atomic E-state index is -0.272. The van der Waals surface area contributed by atoms with Crippen molar-refractivity contribution in [2.24, 2.45) is 0 Å². The van der Waals surface area contributed by atoms with Gasteiger partial charge in [-0.15, -0.1) is 0 Å². The third-order valence-corrected chi connectivity index (χ3v) is 4.89. The van der Waals surface area contributed by atoms with Crippen LogP contribution in [0, 0.1) is 5.82 Å². The molecule has 0 aliphatic carbocycles. The van der Waals surface area contributed by atoms with Crippen LogP contribution in [-0.2, 0) is 11.3 Å². The molecule has 142 valence electrons. The number of ether oxygens (including phenoxy) is 1. The van der Waals surface area contributed by atoms with Crippen LogP contribution in [0.1, 0.15) is 18.1 Å². The maximum atomic E-state index is 13.0. The van der Waals surface area contributed by atoms with E-state index >= 15 is 0 Å². The number of nitrogens with zero attached hydrogens (tertiary/aromatic N) is 2. The first kappa shape index (κ1) is 19.1. The quantitative estimate of drug-likeness (QED) is 0.757. The summed E-state index contributed by atoms with van der Waals surface area (Å²) in [6, 6.07) is 14.3. The Bertz CT molecular complexity index is 792. The number of allylic oxidation sites excluding steroid dienone is 1. The van der Waals surface area contributed by atoms with Gasteiger partial charge in [0.1, 0.15) is 11.6 Å². The van der Waals surface area contributed by atoms with Crippen molar-refractivity contribution in [2.45, 2.75) is 13.5 Å². The van der Waals surface area contributed by atoms with Gasteiger partial charge in [-0.2, -0.15) is 0 Å². The Hall–Kier alpha value is -2.66. The van der Waals surface area contributed by atoms with E-state index in [9.17, 15) is 9.18 Å². The number of rotatable bonds is 5. The van der Waals surface area contributed by atoms with E-state index in [1.807, 2.05) is 24.0 Å². The summed E-state index contributed by atoms with van der Waals surface area (Å²) in [5.41, 5.74) is 2.95. The summed E-state index contributed by atoms with van der Waals surface area (Å²) in [4.78, 5) is 16.7. The normalized spacial score (nSPS) is 15.7. The fourth-order valence-electron chi connectivity index (χ4n) is 3.19. The molecule has 0 radical (unpaired) electrons. The highest BCUT2D eigenvalue weighted by molar-refractivity contribution is 5.94. The van der Waals surface area contributed by atoms with Gasteiger partial charge in [-0.3, -0.25) is 9.69 Å². The lowest BCUT2D eigenvalue weighted by Gasteiger charge is -2.34. The largest absolute Gasteiger partial charge is 0.497 e. The Labute approximate surface area is 159 Å². The fraction of sp³-hybridized carbons (Fsp3) is 0.318. The second-order valence-corrected chi connectivity index (χ2v) is 6.78. The summed E-state index contributed by atoms with van der Waals surface area (Å²) in [5, 5.41) is 0. The second kappa shape index (κ2) is 8.82. The molecule has 1 heterocycles. The van der Waals surface area contributed by atoms with Crippen LogP contribution in [0.3, 0.4) is 0 Å². The number of methoxy groups -OCH3 is 1. The smallest absolute Gasteiger partial charge is 0.246 e. The standard InChI is InChI=1S/C22H25FN2O2/c1-17(19-5-7-20(23)8-6-19)15-22(26)25-13-11-24(12-14-25)16-18-3-9-21(27-2)10-4-18/h3-10,15H,11-14,16H2,1-2H3/b17-15-. The molecule has 0 atom stereocenters. The number of carbonyl (C=O) groups excluding carboxylic acids is 1. The van der Waals surface area contributed by atoms with Crippen molar-refractivity contribution in [3.63, 3.8) is 0 Å². The zero-order valence-corrected chi connectivity index (χ0v) is 15.8. The predicted octanol–water partition coefficient (Wildman–Crippen LogP) is 3.58. The summed E-state index contributed by atoms with van der Waals surface area (Å²) in [6.07, 6.45) is 1.65. The van der Waals surface area contributed by atoms with Gasteiger partial charge >= 0.3 is 0 Å². The van der Waals surface area contributed by atoms with Crippen molar-refractivity contribution < 1.29 is 13.9 Å². The molecule has 1 aliphatic rings. The van der Waals surface area contributed by atoms with Crippen LogP contribution in [0.4, 0.5) is 4.39 Å². The molecule has 2 aromatic rings. The lowest BCUT2D eigenvalue weighted by Crippen LogP contribution is -2.47. The summed E-state index contributed by atoms with van der Waals surface area (Å²) in [6.45, 7) is 5.87. The highest BCUT2D eigenvalue weighted by Crippen LogP contribution is 2.16. The van der Waals surface area contributed by atoms with Crippen molar-refractivity contribution in [2.75, 3.05) is 33.3 Å². The van der Waals surface area contributed by atoms with E-state index in [4.69, 9.17) is 4.74 Å². The van der Waals surface area contributed by atoms with Gasteiger partial charge in [0.15, 0.2) is 0 Å². The molecule has 0 bridgehead atoms. The van der Waals surface area contributed by atoms with Crippen LogP contribution < -0.4 is 4.74 Å². The van der Waals surface area contributed by atoms with Crippen LogP contribution in [-0.4, -0.2) is 49.0 Å². The van der Waals surface area contributed by atoms with Crippen molar-refractivity contribution in [3.8, 4) is 5.75 Å². The topological polar surface area (TPSA) is 32.8 Å². The molecule has 1 fully saturated rings. The number of carbonyl (C=O) groups is 1. The third-order valence-electron chi connectivity index (χ3n) is 4.89. The number of piperazine rings is 1. The van der Waals surface area contributed by atoms with E-state index in [1.165, 1.54) is 17.7 Å². The number of hydrogen-bond acceptors (Lipinski definition) is 3. The van der Waals surface area contributed by atoms with Gasteiger partial charge in [0.25, 0.3) is 0 Å². The van der Waals surface area contributed by atoms with Gasteiger partial charge in [-0.25, -0.2) is 4.39 Å². The first-order valence-corrected chi connectivity index (χ1v) is 9.13. The van der Waals surface area contributed by atoms with Crippen molar-refractivity contribution in [1.29, 1.82) is 0 Å². The van der Waals surface area contributed by atoms with Crippen molar-refractivity contribution in [3.05, 3.63) is 71.6 Å². The monoisotopic (exact) mass is 368 g/mol. The van der Waals surface area contributed by atoms with E-state index in [2.05, 4.69) is 17.0 Å².